The Labute approximate surface area is 95.9 Å². The van der Waals surface area contributed by atoms with Crippen LogP contribution in [0.5, 0.6) is 0 Å². The molecule has 88 valence electrons. The maximum Gasteiger partial charge on any atom is 0.131 e. The van der Waals surface area contributed by atoms with Gasteiger partial charge in [-0.2, -0.15) is 0 Å². The molecular formula is C12H18N2O2. The molecule has 1 fully saturated rings. The number of hydrogen-bond donors (Lipinski definition) is 1. The molecule has 1 aromatic rings. The minimum absolute atomic E-state index is 0.179. The number of aromatic nitrogens is 1. The summed E-state index contributed by atoms with van der Waals surface area (Å²) >= 11 is 0. The maximum atomic E-state index is 8.87. The number of nitrogens with zero attached hydrogens (tertiary/aromatic N) is 2. The van der Waals surface area contributed by atoms with Crippen LogP contribution in [0.4, 0.5) is 5.82 Å². The van der Waals surface area contributed by atoms with E-state index in [9.17, 15) is 0 Å². The minimum atomic E-state index is 0.179. The van der Waals surface area contributed by atoms with E-state index >= 15 is 0 Å². The second-order valence-corrected chi connectivity index (χ2v) is 4.06. The summed E-state index contributed by atoms with van der Waals surface area (Å²) < 4.78 is 5.32. The van der Waals surface area contributed by atoms with Crippen molar-refractivity contribution in [2.45, 2.75) is 13.3 Å². The highest BCUT2D eigenvalue weighted by Crippen LogP contribution is 2.19. The van der Waals surface area contributed by atoms with Crippen LogP contribution in [-0.4, -0.2) is 43.0 Å². The second kappa shape index (κ2) is 5.27. The van der Waals surface area contributed by atoms with Crippen LogP contribution in [0.25, 0.3) is 0 Å². The lowest BCUT2D eigenvalue weighted by Gasteiger charge is -2.29. The van der Waals surface area contributed by atoms with Gasteiger partial charge in [0, 0.05) is 25.9 Å². The molecule has 1 saturated heterocycles. The Morgan fingerprint density at radius 2 is 2.19 bits per heavy atom. The third-order valence-corrected chi connectivity index (χ3v) is 2.82. The Bertz CT molecular complexity index is 349. The maximum absolute atomic E-state index is 8.87. The molecule has 1 N–H and O–H groups in total. The second-order valence-electron chi connectivity index (χ2n) is 4.06. The van der Waals surface area contributed by atoms with Gasteiger partial charge < -0.3 is 14.7 Å². The number of rotatable bonds is 3. The molecule has 0 aromatic carbocycles. The van der Waals surface area contributed by atoms with Gasteiger partial charge in [0.05, 0.1) is 13.2 Å². The van der Waals surface area contributed by atoms with E-state index in [1.165, 1.54) is 5.56 Å². The van der Waals surface area contributed by atoms with Crippen molar-refractivity contribution < 1.29 is 9.84 Å². The van der Waals surface area contributed by atoms with E-state index < -0.39 is 0 Å². The highest BCUT2D eigenvalue weighted by Gasteiger charge is 2.14. The summed E-state index contributed by atoms with van der Waals surface area (Å²) in [7, 11) is 0. The molecule has 16 heavy (non-hydrogen) atoms. The summed E-state index contributed by atoms with van der Waals surface area (Å²) in [5.74, 6) is 1.05. The molecule has 0 saturated carbocycles. The van der Waals surface area contributed by atoms with E-state index in [-0.39, 0.29) is 6.61 Å². The zero-order chi connectivity index (χ0) is 11.4. The number of pyridine rings is 1. The molecule has 0 amide bonds. The summed E-state index contributed by atoms with van der Waals surface area (Å²) in [5, 5.41) is 8.87. The van der Waals surface area contributed by atoms with Crippen LogP contribution in [0.15, 0.2) is 12.3 Å². The highest BCUT2D eigenvalue weighted by molar-refractivity contribution is 5.47. The van der Waals surface area contributed by atoms with Crippen LogP contribution < -0.4 is 4.90 Å². The van der Waals surface area contributed by atoms with Crippen LogP contribution in [0.3, 0.4) is 0 Å². The molecule has 4 heteroatoms. The van der Waals surface area contributed by atoms with Gasteiger partial charge in [0.25, 0.3) is 0 Å². The van der Waals surface area contributed by atoms with E-state index in [0.29, 0.717) is 6.42 Å². The lowest BCUT2D eigenvalue weighted by molar-refractivity contribution is 0.122. The van der Waals surface area contributed by atoms with Gasteiger partial charge in [-0.1, -0.05) is 6.07 Å². The van der Waals surface area contributed by atoms with Gasteiger partial charge in [-0.25, -0.2) is 4.98 Å². The molecule has 1 aliphatic heterocycles. The van der Waals surface area contributed by atoms with E-state index in [1.54, 1.807) is 0 Å². The van der Waals surface area contributed by atoms with E-state index in [2.05, 4.69) is 22.9 Å². The van der Waals surface area contributed by atoms with E-state index in [4.69, 9.17) is 9.84 Å². The topological polar surface area (TPSA) is 45.6 Å². The lowest BCUT2D eigenvalue weighted by atomic mass is 10.1. The Morgan fingerprint density at radius 3 is 2.81 bits per heavy atom. The summed E-state index contributed by atoms with van der Waals surface area (Å²) in [6, 6.07) is 2.11. The number of aryl methyl sites for hydroxylation is 1. The summed E-state index contributed by atoms with van der Waals surface area (Å²) in [6.45, 7) is 5.62. The van der Waals surface area contributed by atoms with Gasteiger partial charge in [-0.3, -0.25) is 0 Å². The molecule has 1 aliphatic rings. The van der Waals surface area contributed by atoms with Crippen molar-refractivity contribution in [1.29, 1.82) is 0 Å². The monoisotopic (exact) mass is 222 g/mol. The smallest absolute Gasteiger partial charge is 0.131 e. The van der Waals surface area contributed by atoms with Crippen molar-refractivity contribution in [1.82, 2.24) is 4.98 Å². The fourth-order valence-electron chi connectivity index (χ4n) is 2.00. The average molecular weight is 222 g/mol. The Kier molecular flexibility index (Phi) is 3.74. The Hall–Kier alpha value is -1.13. The molecule has 4 nitrogen and oxygen atoms in total. The van der Waals surface area contributed by atoms with Gasteiger partial charge >= 0.3 is 0 Å². The first-order chi connectivity index (χ1) is 7.81. The van der Waals surface area contributed by atoms with Gasteiger partial charge in [0.2, 0.25) is 0 Å². The van der Waals surface area contributed by atoms with Gasteiger partial charge in [-0.15, -0.1) is 0 Å². The van der Waals surface area contributed by atoms with Gasteiger partial charge in [0.15, 0.2) is 0 Å². The number of anilines is 1. The Morgan fingerprint density at radius 1 is 1.44 bits per heavy atom. The predicted molar refractivity (Wildman–Crippen MR) is 62.8 cm³/mol. The molecule has 2 heterocycles. The van der Waals surface area contributed by atoms with Crippen molar-refractivity contribution in [2.24, 2.45) is 0 Å². The fourth-order valence-corrected chi connectivity index (χ4v) is 2.00. The van der Waals surface area contributed by atoms with Crippen molar-refractivity contribution in [3.8, 4) is 0 Å². The quantitative estimate of drug-likeness (QED) is 0.820. The zero-order valence-corrected chi connectivity index (χ0v) is 9.65. The standard InChI is InChI=1S/C12H18N2O2/c1-10-8-11(2-5-15)9-13-12(10)14-3-6-16-7-4-14/h8-9,15H,2-7H2,1H3. The largest absolute Gasteiger partial charge is 0.396 e. The van der Waals surface area contributed by atoms with E-state index in [1.807, 2.05) is 6.20 Å². The number of ether oxygens (including phenoxy) is 1. The molecular weight excluding hydrogens is 204 g/mol. The third-order valence-electron chi connectivity index (χ3n) is 2.82. The molecule has 0 radical (unpaired) electrons. The SMILES string of the molecule is Cc1cc(CCO)cnc1N1CCOCC1. The number of morpholine rings is 1. The number of hydrogen-bond acceptors (Lipinski definition) is 4. The van der Waals surface area contributed by atoms with Crippen LogP contribution in [0, 0.1) is 6.92 Å². The predicted octanol–water partition coefficient (Wildman–Crippen LogP) is 0.761. The first-order valence-electron chi connectivity index (χ1n) is 5.70. The highest BCUT2D eigenvalue weighted by atomic mass is 16.5. The molecule has 0 unspecified atom stereocenters. The van der Waals surface area contributed by atoms with Crippen LogP contribution in [0.2, 0.25) is 0 Å². The first kappa shape index (κ1) is 11.4. The number of aliphatic hydroxyl groups is 1. The summed E-state index contributed by atoms with van der Waals surface area (Å²) in [6.07, 6.45) is 2.53. The average Bonchev–Trinajstić information content (AvgIpc) is 2.31. The van der Waals surface area contributed by atoms with E-state index in [0.717, 1.165) is 37.7 Å². The number of aliphatic hydroxyl groups excluding tert-OH is 1. The zero-order valence-electron chi connectivity index (χ0n) is 9.65. The summed E-state index contributed by atoms with van der Waals surface area (Å²) in [5.41, 5.74) is 2.27. The third kappa shape index (κ3) is 2.51. The molecule has 0 spiro atoms. The van der Waals surface area contributed by atoms with Crippen molar-refractivity contribution in [2.75, 3.05) is 37.8 Å². The lowest BCUT2D eigenvalue weighted by Crippen LogP contribution is -2.37. The molecule has 0 aliphatic carbocycles. The van der Waals surface area contributed by atoms with Crippen molar-refractivity contribution in [3.63, 3.8) is 0 Å². The molecule has 0 bridgehead atoms. The first-order valence-corrected chi connectivity index (χ1v) is 5.70. The molecule has 0 atom stereocenters. The van der Waals surface area contributed by atoms with Crippen LogP contribution >= 0.6 is 0 Å². The molecule has 2 rings (SSSR count). The van der Waals surface area contributed by atoms with Crippen molar-refractivity contribution >= 4 is 5.82 Å². The van der Waals surface area contributed by atoms with Gasteiger partial charge in [0.1, 0.15) is 5.82 Å². The Balaban J connectivity index is 2.14. The van der Waals surface area contributed by atoms with Gasteiger partial charge in [-0.05, 0) is 24.5 Å². The summed E-state index contributed by atoms with van der Waals surface area (Å²) in [4.78, 5) is 6.73. The normalized spacial score (nSPS) is 16.5. The minimum Gasteiger partial charge on any atom is -0.396 e. The molecule has 1 aromatic heterocycles. The van der Waals surface area contributed by atoms with Crippen LogP contribution in [-0.2, 0) is 11.2 Å². The van der Waals surface area contributed by atoms with Crippen LogP contribution in [0.1, 0.15) is 11.1 Å². The fraction of sp³-hybridized carbons (Fsp3) is 0.583. The van der Waals surface area contributed by atoms with Crippen molar-refractivity contribution in [3.05, 3.63) is 23.4 Å².